The molecule has 1 unspecified atom stereocenters. The first-order chi connectivity index (χ1) is 19.9. The van der Waals surface area contributed by atoms with Crippen molar-refractivity contribution in [3.63, 3.8) is 0 Å². The van der Waals surface area contributed by atoms with Crippen LogP contribution in [-0.4, -0.2) is 29.6 Å². The summed E-state index contributed by atoms with van der Waals surface area (Å²) in [5.41, 5.74) is 2.43. The molecule has 0 aromatic heterocycles. The quantitative estimate of drug-likeness (QED) is 0.140. The van der Waals surface area contributed by atoms with Crippen molar-refractivity contribution < 1.29 is 19.1 Å². The van der Waals surface area contributed by atoms with Crippen molar-refractivity contribution in [3.8, 4) is 5.75 Å². The van der Waals surface area contributed by atoms with Gasteiger partial charge in [-0.1, -0.05) is 54.6 Å². The van der Waals surface area contributed by atoms with Gasteiger partial charge < -0.3 is 20.7 Å². The molecule has 0 radical (unpaired) electrons. The Morgan fingerprint density at radius 1 is 0.780 bits per heavy atom. The Balaban J connectivity index is 1.47. The Morgan fingerprint density at radius 2 is 1.39 bits per heavy atom. The van der Waals surface area contributed by atoms with E-state index in [4.69, 9.17) is 4.74 Å². The van der Waals surface area contributed by atoms with E-state index >= 15 is 0 Å². The molecule has 0 saturated carbocycles. The SMILES string of the molecule is CCOc1ccccc1/C=C(\NC(=O)c1ccccc1)C(=O)Nc1ccc(SC(C)C(=O)Nc2ccccc2)cc1. The van der Waals surface area contributed by atoms with Gasteiger partial charge in [0.2, 0.25) is 5.91 Å². The molecule has 4 aromatic carbocycles. The van der Waals surface area contributed by atoms with Gasteiger partial charge in [-0.3, -0.25) is 14.4 Å². The van der Waals surface area contributed by atoms with Gasteiger partial charge in [-0.05, 0) is 74.5 Å². The molecule has 0 fully saturated rings. The molecule has 208 valence electrons. The molecule has 0 heterocycles. The van der Waals surface area contributed by atoms with Crippen LogP contribution in [0.4, 0.5) is 11.4 Å². The lowest BCUT2D eigenvalue weighted by atomic mass is 10.1. The van der Waals surface area contributed by atoms with Crippen LogP contribution in [0.25, 0.3) is 6.08 Å². The highest BCUT2D eigenvalue weighted by Gasteiger charge is 2.17. The Labute approximate surface area is 244 Å². The topological polar surface area (TPSA) is 96.5 Å². The van der Waals surface area contributed by atoms with Crippen molar-refractivity contribution in [1.29, 1.82) is 0 Å². The number of hydrogen-bond acceptors (Lipinski definition) is 5. The molecule has 0 bridgehead atoms. The molecule has 3 N–H and O–H groups in total. The first-order valence-electron chi connectivity index (χ1n) is 13.2. The highest BCUT2D eigenvalue weighted by Crippen LogP contribution is 2.26. The summed E-state index contributed by atoms with van der Waals surface area (Å²) < 4.78 is 5.70. The van der Waals surface area contributed by atoms with Crippen LogP contribution in [0, 0.1) is 0 Å². The van der Waals surface area contributed by atoms with E-state index in [2.05, 4.69) is 16.0 Å². The fourth-order valence-electron chi connectivity index (χ4n) is 3.82. The van der Waals surface area contributed by atoms with Gasteiger partial charge >= 0.3 is 0 Å². The van der Waals surface area contributed by atoms with Crippen molar-refractivity contribution in [2.75, 3.05) is 17.2 Å². The first-order valence-corrected chi connectivity index (χ1v) is 14.0. The van der Waals surface area contributed by atoms with Crippen molar-refractivity contribution in [1.82, 2.24) is 5.32 Å². The highest BCUT2D eigenvalue weighted by molar-refractivity contribution is 8.00. The monoisotopic (exact) mass is 565 g/mol. The van der Waals surface area contributed by atoms with E-state index in [-0.39, 0.29) is 16.9 Å². The average Bonchev–Trinajstić information content (AvgIpc) is 2.99. The molecule has 41 heavy (non-hydrogen) atoms. The maximum Gasteiger partial charge on any atom is 0.272 e. The zero-order chi connectivity index (χ0) is 29.0. The second kappa shape index (κ2) is 14.5. The molecule has 1 atom stereocenters. The number of carbonyl (C=O) groups excluding carboxylic acids is 3. The molecule has 3 amide bonds. The Kier molecular flexibility index (Phi) is 10.3. The molecular weight excluding hydrogens is 534 g/mol. The maximum absolute atomic E-state index is 13.4. The number of para-hydroxylation sites is 2. The predicted molar refractivity (Wildman–Crippen MR) is 165 cm³/mol. The van der Waals surface area contributed by atoms with Gasteiger partial charge in [-0.25, -0.2) is 0 Å². The van der Waals surface area contributed by atoms with Crippen LogP contribution >= 0.6 is 11.8 Å². The van der Waals surface area contributed by atoms with E-state index in [1.165, 1.54) is 11.8 Å². The van der Waals surface area contributed by atoms with E-state index in [0.717, 1.165) is 10.6 Å². The van der Waals surface area contributed by atoms with Gasteiger partial charge in [-0.2, -0.15) is 0 Å². The van der Waals surface area contributed by atoms with Crippen LogP contribution in [0.5, 0.6) is 5.75 Å². The van der Waals surface area contributed by atoms with Gasteiger partial charge in [0.15, 0.2) is 0 Å². The van der Waals surface area contributed by atoms with Crippen LogP contribution in [0.3, 0.4) is 0 Å². The average molecular weight is 566 g/mol. The van der Waals surface area contributed by atoms with Gasteiger partial charge in [0.05, 0.1) is 11.9 Å². The second-order valence-corrected chi connectivity index (χ2v) is 10.4. The fourth-order valence-corrected chi connectivity index (χ4v) is 4.69. The summed E-state index contributed by atoms with van der Waals surface area (Å²) in [6.07, 6.45) is 1.60. The van der Waals surface area contributed by atoms with Crippen molar-refractivity contribution in [2.45, 2.75) is 24.0 Å². The third-order valence-electron chi connectivity index (χ3n) is 5.88. The summed E-state index contributed by atoms with van der Waals surface area (Å²) in [5, 5.41) is 8.18. The summed E-state index contributed by atoms with van der Waals surface area (Å²) in [6.45, 7) is 4.18. The lowest BCUT2D eigenvalue weighted by Gasteiger charge is -2.14. The Morgan fingerprint density at radius 3 is 2.07 bits per heavy atom. The van der Waals surface area contributed by atoms with Crippen LogP contribution in [0.15, 0.2) is 120 Å². The van der Waals surface area contributed by atoms with Crippen molar-refractivity contribution in [3.05, 3.63) is 126 Å². The van der Waals surface area contributed by atoms with Crippen molar-refractivity contribution in [2.24, 2.45) is 0 Å². The Bertz CT molecular complexity index is 1510. The molecular formula is C33H31N3O4S. The van der Waals surface area contributed by atoms with Gasteiger partial charge in [0.25, 0.3) is 11.8 Å². The minimum atomic E-state index is -0.489. The highest BCUT2D eigenvalue weighted by atomic mass is 32.2. The molecule has 4 rings (SSSR count). The standard InChI is InChI=1S/C33H31N3O4S/c1-3-40-30-17-11-10-14-25(30)22-29(36-32(38)24-12-6-4-7-13-24)33(39)35-27-18-20-28(21-19-27)41-23(2)31(37)34-26-15-8-5-9-16-26/h4-23H,3H2,1-2H3,(H,34,37)(H,35,39)(H,36,38)/b29-22-. The van der Waals surface area contributed by atoms with E-state index < -0.39 is 11.8 Å². The molecule has 8 heteroatoms. The minimum Gasteiger partial charge on any atom is -0.493 e. The van der Waals surface area contributed by atoms with Gasteiger partial charge in [-0.15, -0.1) is 11.8 Å². The van der Waals surface area contributed by atoms with Crippen LogP contribution in [0.1, 0.15) is 29.8 Å². The number of nitrogens with one attached hydrogen (secondary N) is 3. The summed E-state index contributed by atoms with van der Waals surface area (Å²) in [4.78, 5) is 39.8. The third kappa shape index (κ3) is 8.58. The van der Waals surface area contributed by atoms with E-state index in [9.17, 15) is 14.4 Å². The smallest absolute Gasteiger partial charge is 0.272 e. The largest absolute Gasteiger partial charge is 0.493 e. The molecule has 0 aliphatic rings. The zero-order valence-electron chi connectivity index (χ0n) is 22.8. The normalized spacial score (nSPS) is 11.7. The number of hydrogen-bond donors (Lipinski definition) is 3. The fraction of sp³-hybridized carbons (Fsp3) is 0.121. The van der Waals surface area contributed by atoms with Gasteiger partial charge in [0, 0.05) is 27.4 Å². The molecule has 4 aromatic rings. The minimum absolute atomic E-state index is 0.0654. The molecule has 0 aliphatic heterocycles. The first kappa shape index (κ1) is 29.2. The van der Waals surface area contributed by atoms with Crippen LogP contribution in [-0.2, 0) is 9.59 Å². The third-order valence-corrected chi connectivity index (χ3v) is 7.00. The summed E-state index contributed by atoms with van der Waals surface area (Å²) in [7, 11) is 0. The summed E-state index contributed by atoms with van der Waals surface area (Å²) >= 11 is 1.41. The Hall–Kier alpha value is -4.82. The van der Waals surface area contributed by atoms with E-state index in [1.807, 2.05) is 80.6 Å². The number of rotatable bonds is 11. The molecule has 0 saturated heterocycles. The second-order valence-electron chi connectivity index (χ2n) is 8.94. The predicted octanol–water partition coefficient (Wildman–Crippen LogP) is 6.61. The van der Waals surface area contributed by atoms with Crippen molar-refractivity contribution >= 4 is 46.9 Å². The number of anilines is 2. The van der Waals surface area contributed by atoms with Crippen LogP contribution in [0.2, 0.25) is 0 Å². The lowest BCUT2D eigenvalue weighted by Crippen LogP contribution is -2.30. The van der Waals surface area contributed by atoms with E-state index in [0.29, 0.717) is 29.2 Å². The van der Waals surface area contributed by atoms with E-state index in [1.54, 1.807) is 48.5 Å². The zero-order valence-corrected chi connectivity index (χ0v) is 23.6. The summed E-state index contributed by atoms with van der Waals surface area (Å²) in [6, 6.07) is 32.5. The number of amides is 3. The van der Waals surface area contributed by atoms with Gasteiger partial charge in [0.1, 0.15) is 11.4 Å². The molecule has 0 spiro atoms. The summed E-state index contributed by atoms with van der Waals surface area (Å²) in [5.74, 6) is -0.400. The maximum atomic E-state index is 13.4. The number of thioether (sulfide) groups is 1. The lowest BCUT2D eigenvalue weighted by molar-refractivity contribution is -0.115. The molecule has 0 aliphatic carbocycles. The number of ether oxygens (including phenoxy) is 1. The van der Waals surface area contributed by atoms with Crippen LogP contribution < -0.4 is 20.7 Å². The number of benzene rings is 4. The molecule has 7 nitrogen and oxygen atoms in total. The number of carbonyl (C=O) groups is 3.